The zero-order chi connectivity index (χ0) is 31.8. The number of hydrogen-bond acceptors (Lipinski definition) is 8. The van der Waals surface area contributed by atoms with Gasteiger partial charge in [-0.25, -0.2) is 17.9 Å². The van der Waals surface area contributed by atoms with Crippen molar-refractivity contribution in [3.05, 3.63) is 77.5 Å². The van der Waals surface area contributed by atoms with Gasteiger partial charge in [0.05, 0.1) is 10.6 Å². The number of rotatable bonds is 14. The van der Waals surface area contributed by atoms with Gasteiger partial charge in [-0.1, -0.05) is 24.3 Å². The molecule has 45 heavy (non-hydrogen) atoms. The van der Waals surface area contributed by atoms with Crippen LogP contribution in [0, 0.1) is 0 Å². The molecular weight excluding hydrogens is 592 g/mol. The van der Waals surface area contributed by atoms with Gasteiger partial charge in [0.15, 0.2) is 5.96 Å². The second-order valence-electron chi connectivity index (χ2n) is 11.5. The van der Waals surface area contributed by atoms with E-state index in [0.29, 0.717) is 13.1 Å². The number of urea groups is 1. The highest BCUT2D eigenvalue weighted by Gasteiger charge is 2.31. The van der Waals surface area contributed by atoms with E-state index in [2.05, 4.69) is 30.6 Å². The average molecular weight is 637 g/mol. The number of carbonyl (C=O) groups is 1. The Morgan fingerprint density at radius 1 is 1.00 bits per heavy atom. The van der Waals surface area contributed by atoms with Gasteiger partial charge < -0.3 is 33.2 Å². The first-order valence-electron chi connectivity index (χ1n) is 15.4. The molecule has 14 heteroatoms. The Labute approximate surface area is 265 Å². The Morgan fingerprint density at radius 3 is 2.40 bits per heavy atom. The van der Waals surface area contributed by atoms with E-state index in [1.54, 1.807) is 29.2 Å². The molecule has 10 N–H and O–H groups in total. The summed E-state index contributed by atoms with van der Waals surface area (Å²) in [5.74, 6) is 0.102. The minimum Gasteiger partial charge on any atom is -0.370 e. The molecule has 3 heterocycles. The fourth-order valence-corrected chi connectivity index (χ4v) is 6.97. The van der Waals surface area contributed by atoms with Crippen molar-refractivity contribution in [2.45, 2.75) is 49.3 Å². The van der Waals surface area contributed by atoms with Gasteiger partial charge >= 0.3 is 6.03 Å². The molecule has 0 bridgehead atoms. The van der Waals surface area contributed by atoms with Crippen LogP contribution in [0.15, 0.2) is 76.3 Å². The molecule has 0 spiro atoms. The molecule has 3 aliphatic rings. The first-order valence-corrected chi connectivity index (χ1v) is 16.9. The van der Waals surface area contributed by atoms with E-state index in [4.69, 9.17) is 17.2 Å². The lowest BCUT2D eigenvalue weighted by Crippen LogP contribution is -2.51. The molecule has 2 aromatic carbocycles. The lowest BCUT2D eigenvalue weighted by atomic mass is 10.1. The highest BCUT2D eigenvalue weighted by molar-refractivity contribution is 7.89. The van der Waals surface area contributed by atoms with Crippen LogP contribution in [0.1, 0.15) is 36.8 Å². The zero-order valence-corrected chi connectivity index (χ0v) is 26.2. The summed E-state index contributed by atoms with van der Waals surface area (Å²) in [4.78, 5) is 21.3. The highest BCUT2D eigenvalue weighted by Crippen LogP contribution is 2.29. The van der Waals surface area contributed by atoms with E-state index in [1.807, 2.05) is 36.5 Å². The maximum absolute atomic E-state index is 13.1. The second-order valence-corrected chi connectivity index (χ2v) is 13.2. The van der Waals surface area contributed by atoms with Crippen molar-refractivity contribution in [3.63, 3.8) is 0 Å². The average Bonchev–Trinajstić information content (AvgIpc) is 3.45. The van der Waals surface area contributed by atoms with Crippen LogP contribution in [-0.2, 0) is 16.6 Å². The van der Waals surface area contributed by atoms with E-state index in [-0.39, 0.29) is 29.1 Å². The molecule has 13 nitrogen and oxygen atoms in total. The molecule has 3 aliphatic heterocycles. The van der Waals surface area contributed by atoms with Crippen molar-refractivity contribution in [1.29, 1.82) is 0 Å². The van der Waals surface area contributed by atoms with Crippen LogP contribution in [0.2, 0.25) is 0 Å². The van der Waals surface area contributed by atoms with Crippen molar-refractivity contribution in [2.75, 3.05) is 44.2 Å². The molecule has 1 unspecified atom stereocenters. The van der Waals surface area contributed by atoms with Crippen molar-refractivity contribution in [2.24, 2.45) is 22.2 Å². The first kappa shape index (κ1) is 32.4. The largest absolute Gasteiger partial charge is 0.370 e. The maximum Gasteiger partial charge on any atom is 0.327 e. The van der Waals surface area contributed by atoms with Gasteiger partial charge in [-0.2, -0.15) is 0 Å². The fraction of sp³-hybridized carbons (Fsp3) is 0.419. The van der Waals surface area contributed by atoms with E-state index in [0.717, 1.165) is 86.5 Å². The van der Waals surface area contributed by atoms with Crippen LogP contribution in [0.4, 0.5) is 10.5 Å². The zero-order valence-electron chi connectivity index (χ0n) is 25.4. The Hall–Kier alpha value is -3.95. The van der Waals surface area contributed by atoms with Crippen molar-refractivity contribution < 1.29 is 13.2 Å². The van der Waals surface area contributed by atoms with E-state index in [9.17, 15) is 13.2 Å². The summed E-state index contributed by atoms with van der Waals surface area (Å²) < 4.78 is 28.6. The summed E-state index contributed by atoms with van der Waals surface area (Å²) >= 11 is 0. The molecule has 1 fully saturated rings. The van der Waals surface area contributed by atoms with Crippen molar-refractivity contribution in [1.82, 2.24) is 25.6 Å². The molecular formula is C31H44N10O3S. The number of nitrogens with two attached hydrogens (primary N) is 3. The lowest BCUT2D eigenvalue weighted by molar-refractivity contribution is 0.244. The van der Waals surface area contributed by atoms with Crippen LogP contribution < -0.4 is 42.8 Å². The number of nitrogens with one attached hydrogen (secondary N) is 4. The van der Waals surface area contributed by atoms with Crippen LogP contribution in [0.3, 0.4) is 0 Å². The molecule has 0 saturated carbocycles. The molecule has 1 atom stereocenters. The number of anilines is 1. The van der Waals surface area contributed by atoms with Gasteiger partial charge in [0.1, 0.15) is 6.17 Å². The minimum atomic E-state index is -3.60. The third-order valence-corrected chi connectivity index (χ3v) is 9.61. The van der Waals surface area contributed by atoms with Crippen LogP contribution in [0.25, 0.3) is 5.70 Å². The topological polar surface area (TPSA) is 196 Å². The highest BCUT2D eigenvalue weighted by atomic mass is 32.2. The summed E-state index contributed by atoms with van der Waals surface area (Å²) in [7, 11) is -3.60. The number of amides is 2. The first-order chi connectivity index (χ1) is 21.7. The van der Waals surface area contributed by atoms with Gasteiger partial charge in [-0.3, -0.25) is 14.8 Å². The third kappa shape index (κ3) is 8.61. The molecule has 2 amide bonds. The van der Waals surface area contributed by atoms with Crippen molar-refractivity contribution >= 4 is 33.4 Å². The molecule has 1 saturated heterocycles. The minimum absolute atomic E-state index is 0.0585. The van der Waals surface area contributed by atoms with Crippen LogP contribution in [0.5, 0.6) is 0 Å². The van der Waals surface area contributed by atoms with Gasteiger partial charge in [-0.15, -0.1) is 0 Å². The van der Waals surface area contributed by atoms with Crippen LogP contribution in [-0.4, -0.2) is 76.8 Å². The number of guanidine groups is 1. The standard InChI is InChI=1S/C31H44N10O3S/c32-13-1-17-40(18-2-14-36-30(33)34)20-22-3-7-26(8-4-22)41-21-24-19-28(37-29(24)38-31(41)42)23-5-9-27(10-6-23)45(43,44)39-25-11-15-35-16-12-25/h3-10,19,21,25,29,35,37,39H,1-2,11-18,20,32H2,(H,38,42)(H4,33,34,36). The SMILES string of the molecule is NCCCN(CCCN=C(N)N)Cc1ccc(N2C=C3C=C(c4ccc(S(=O)(=O)NC5CCNCC5)cc4)NC3NC2=O)cc1. The maximum atomic E-state index is 13.1. The Kier molecular flexibility index (Phi) is 10.7. The van der Waals surface area contributed by atoms with Crippen molar-refractivity contribution in [3.8, 4) is 0 Å². The Morgan fingerprint density at radius 2 is 1.71 bits per heavy atom. The summed E-state index contributed by atoms with van der Waals surface area (Å²) in [6.07, 6.45) is 6.71. The summed E-state index contributed by atoms with van der Waals surface area (Å²) in [6.45, 7) is 5.28. The fourth-order valence-electron chi connectivity index (χ4n) is 5.67. The number of hydrogen-bond donors (Lipinski definition) is 7. The number of nitrogens with zero attached hydrogens (tertiary/aromatic N) is 3. The second kappa shape index (κ2) is 14.9. The summed E-state index contributed by atoms with van der Waals surface area (Å²) in [5, 5.41) is 9.59. The number of aliphatic imine (C=N–C) groups is 1. The van der Waals surface area contributed by atoms with E-state index >= 15 is 0 Å². The third-order valence-electron chi connectivity index (χ3n) is 8.07. The normalized spacial score (nSPS) is 18.6. The van der Waals surface area contributed by atoms with Crippen LogP contribution >= 0.6 is 0 Å². The molecule has 242 valence electrons. The Bertz CT molecular complexity index is 1510. The molecule has 0 aromatic heterocycles. The molecule has 0 radical (unpaired) electrons. The Balaban J connectivity index is 1.23. The van der Waals surface area contributed by atoms with Gasteiger partial charge in [-0.05, 0) is 93.3 Å². The monoisotopic (exact) mass is 636 g/mol. The number of piperidine rings is 1. The smallest absolute Gasteiger partial charge is 0.327 e. The van der Waals surface area contributed by atoms with E-state index in [1.165, 1.54) is 0 Å². The quantitative estimate of drug-likeness (QED) is 0.0896. The van der Waals surface area contributed by atoms with E-state index < -0.39 is 10.0 Å². The summed E-state index contributed by atoms with van der Waals surface area (Å²) in [6, 6.07) is 14.4. The molecule has 5 rings (SSSR count). The number of sulfonamides is 1. The molecule has 2 aromatic rings. The summed E-state index contributed by atoms with van der Waals surface area (Å²) in [5.41, 5.74) is 21.0. The lowest BCUT2D eigenvalue weighted by Gasteiger charge is -2.29. The number of carbonyl (C=O) groups excluding carboxylic acids is 1. The predicted octanol–water partition coefficient (Wildman–Crippen LogP) is 0.915. The molecule has 0 aliphatic carbocycles. The predicted molar refractivity (Wildman–Crippen MR) is 177 cm³/mol. The van der Waals surface area contributed by atoms with Gasteiger partial charge in [0.2, 0.25) is 10.0 Å². The van der Waals surface area contributed by atoms with Gasteiger partial charge in [0, 0.05) is 43.1 Å². The number of benzene rings is 2. The van der Waals surface area contributed by atoms with Gasteiger partial charge in [0.25, 0.3) is 0 Å². The number of fused-ring (bicyclic) bond motifs is 1.